The van der Waals surface area contributed by atoms with E-state index in [1.807, 2.05) is 0 Å². The van der Waals surface area contributed by atoms with E-state index in [0.29, 0.717) is 23.7 Å². The van der Waals surface area contributed by atoms with Gasteiger partial charge in [-0.25, -0.2) is 14.5 Å². The topological polar surface area (TPSA) is 101 Å². The van der Waals surface area contributed by atoms with Gasteiger partial charge in [0.05, 0.1) is 5.69 Å². The molecule has 2 aliphatic heterocycles. The van der Waals surface area contributed by atoms with Gasteiger partial charge in [0.25, 0.3) is 0 Å². The third-order valence-corrected chi connectivity index (χ3v) is 4.40. The predicted molar refractivity (Wildman–Crippen MR) is 95.7 cm³/mol. The second-order valence-corrected chi connectivity index (χ2v) is 6.26. The first-order valence-corrected chi connectivity index (χ1v) is 8.61. The summed E-state index contributed by atoms with van der Waals surface area (Å²) in [4.78, 5) is 53.6. The number of hydrogen-bond donors (Lipinski definition) is 1. The molecule has 2 aliphatic rings. The van der Waals surface area contributed by atoms with Crippen LogP contribution < -0.4 is 4.90 Å². The SMILES string of the molecule is O=C(O)CN1C(=O)N(CC(=O)N2CCCC2)C=CN(c2ccccc2)C1=O. The first-order valence-electron chi connectivity index (χ1n) is 8.61. The predicted octanol–water partition coefficient (Wildman–Crippen LogP) is 1.53. The van der Waals surface area contributed by atoms with Crippen molar-refractivity contribution in [1.29, 1.82) is 0 Å². The van der Waals surface area contributed by atoms with Gasteiger partial charge in [0.15, 0.2) is 0 Å². The molecule has 0 saturated carbocycles. The molecule has 0 unspecified atom stereocenters. The molecule has 3 rings (SSSR count). The van der Waals surface area contributed by atoms with Gasteiger partial charge in [0, 0.05) is 25.5 Å². The molecule has 1 aromatic carbocycles. The molecular weight excluding hydrogens is 352 g/mol. The zero-order chi connectivity index (χ0) is 19.4. The third kappa shape index (κ3) is 4.08. The molecular formula is C18H20N4O5. The third-order valence-electron chi connectivity index (χ3n) is 4.40. The van der Waals surface area contributed by atoms with E-state index in [9.17, 15) is 19.2 Å². The Labute approximate surface area is 156 Å². The van der Waals surface area contributed by atoms with E-state index in [-0.39, 0.29) is 12.5 Å². The fourth-order valence-corrected chi connectivity index (χ4v) is 3.03. The number of carboxylic acid groups (broad SMARTS) is 1. The lowest BCUT2D eigenvalue weighted by Crippen LogP contribution is -2.50. The van der Waals surface area contributed by atoms with Crippen LogP contribution in [0.2, 0.25) is 0 Å². The largest absolute Gasteiger partial charge is 0.480 e. The standard InChI is InChI=1S/C18H20N4O5/c23-15(19-8-4-5-9-19)12-20-10-11-21(14-6-2-1-3-7-14)18(27)22(17(20)26)13-16(24)25/h1-3,6-7,10-11H,4-5,8-9,12-13H2,(H,24,25). The maximum atomic E-state index is 12.8. The Morgan fingerprint density at radius 1 is 0.926 bits per heavy atom. The van der Waals surface area contributed by atoms with Crippen LogP contribution in [0.3, 0.4) is 0 Å². The fraction of sp³-hybridized carbons (Fsp3) is 0.333. The zero-order valence-electron chi connectivity index (χ0n) is 14.7. The number of aliphatic carboxylic acids is 1. The Morgan fingerprint density at radius 2 is 1.59 bits per heavy atom. The molecule has 5 amide bonds. The molecule has 0 aliphatic carbocycles. The summed E-state index contributed by atoms with van der Waals surface area (Å²) in [5.74, 6) is -1.56. The van der Waals surface area contributed by atoms with Gasteiger partial charge >= 0.3 is 18.0 Å². The number of carbonyl (C=O) groups is 4. The minimum atomic E-state index is -1.32. The molecule has 1 aromatic rings. The van der Waals surface area contributed by atoms with Crippen molar-refractivity contribution in [1.82, 2.24) is 14.7 Å². The summed E-state index contributed by atoms with van der Waals surface area (Å²) in [6.07, 6.45) is 4.54. The lowest BCUT2D eigenvalue weighted by Gasteiger charge is -2.26. The quantitative estimate of drug-likeness (QED) is 0.845. The monoisotopic (exact) mass is 372 g/mol. The van der Waals surface area contributed by atoms with Crippen LogP contribution in [0.25, 0.3) is 0 Å². The fourth-order valence-electron chi connectivity index (χ4n) is 3.03. The number of hydrogen-bond acceptors (Lipinski definition) is 4. The first kappa shape index (κ1) is 18.4. The van der Waals surface area contributed by atoms with Crippen molar-refractivity contribution in [3.05, 3.63) is 42.7 Å². The highest BCUT2D eigenvalue weighted by Crippen LogP contribution is 2.20. The minimum Gasteiger partial charge on any atom is -0.480 e. The summed E-state index contributed by atoms with van der Waals surface area (Å²) in [6, 6.07) is 6.91. The number of carbonyl (C=O) groups excluding carboxylic acids is 3. The molecule has 1 saturated heterocycles. The van der Waals surface area contributed by atoms with Gasteiger partial charge in [0.1, 0.15) is 13.1 Å². The van der Waals surface area contributed by atoms with Crippen molar-refractivity contribution in [3.8, 4) is 0 Å². The molecule has 142 valence electrons. The van der Waals surface area contributed by atoms with Gasteiger partial charge in [-0.05, 0) is 25.0 Å². The van der Waals surface area contributed by atoms with E-state index in [4.69, 9.17) is 5.11 Å². The zero-order valence-corrected chi connectivity index (χ0v) is 14.7. The average molecular weight is 372 g/mol. The van der Waals surface area contributed by atoms with Crippen LogP contribution in [0.4, 0.5) is 15.3 Å². The van der Waals surface area contributed by atoms with Crippen molar-refractivity contribution < 1.29 is 24.3 Å². The second-order valence-electron chi connectivity index (χ2n) is 6.26. The maximum absolute atomic E-state index is 12.8. The molecule has 1 fully saturated rings. The molecule has 0 radical (unpaired) electrons. The molecule has 2 heterocycles. The number of benzene rings is 1. The molecule has 0 bridgehead atoms. The molecule has 0 spiro atoms. The highest BCUT2D eigenvalue weighted by molar-refractivity contribution is 6.06. The summed E-state index contributed by atoms with van der Waals surface area (Å²) < 4.78 is 0. The van der Waals surface area contributed by atoms with Crippen LogP contribution in [0.5, 0.6) is 0 Å². The lowest BCUT2D eigenvalue weighted by molar-refractivity contribution is -0.137. The summed E-state index contributed by atoms with van der Waals surface area (Å²) in [7, 11) is 0. The normalized spacial score (nSPS) is 17.5. The van der Waals surface area contributed by atoms with Crippen LogP contribution in [-0.4, -0.2) is 69.9 Å². The Bertz CT molecular complexity index is 773. The maximum Gasteiger partial charge on any atom is 0.337 e. The number of carboxylic acids is 1. The van der Waals surface area contributed by atoms with E-state index in [1.54, 1.807) is 35.2 Å². The van der Waals surface area contributed by atoms with E-state index in [1.165, 1.54) is 17.3 Å². The molecule has 27 heavy (non-hydrogen) atoms. The summed E-state index contributed by atoms with van der Waals surface area (Å²) in [5.41, 5.74) is 0.481. The molecule has 9 nitrogen and oxygen atoms in total. The molecule has 1 N–H and O–H groups in total. The van der Waals surface area contributed by atoms with Crippen LogP contribution in [0, 0.1) is 0 Å². The van der Waals surface area contributed by atoms with Crippen LogP contribution in [0.15, 0.2) is 42.7 Å². The van der Waals surface area contributed by atoms with Crippen LogP contribution in [0.1, 0.15) is 12.8 Å². The van der Waals surface area contributed by atoms with E-state index in [0.717, 1.165) is 17.7 Å². The van der Waals surface area contributed by atoms with Crippen molar-refractivity contribution in [2.45, 2.75) is 12.8 Å². The number of amides is 5. The van der Waals surface area contributed by atoms with Crippen molar-refractivity contribution in [2.24, 2.45) is 0 Å². The van der Waals surface area contributed by atoms with Gasteiger partial charge < -0.3 is 10.0 Å². The number of urea groups is 2. The molecule has 9 heteroatoms. The van der Waals surface area contributed by atoms with E-state index in [2.05, 4.69) is 0 Å². The minimum absolute atomic E-state index is 0.235. The van der Waals surface area contributed by atoms with Gasteiger partial charge in [-0.3, -0.25) is 19.4 Å². The van der Waals surface area contributed by atoms with Crippen molar-refractivity contribution >= 4 is 29.6 Å². The average Bonchev–Trinajstić information content (AvgIpc) is 3.17. The van der Waals surface area contributed by atoms with Gasteiger partial charge in [-0.2, -0.15) is 0 Å². The van der Waals surface area contributed by atoms with Crippen molar-refractivity contribution in [3.63, 3.8) is 0 Å². The Hall–Kier alpha value is -3.36. The Morgan fingerprint density at radius 3 is 2.22 bits per heavy atom. The summed E-state index contributed by atoms with van der Waals surface area (Å²) in [6.45, 7) is 0.232. The number of imide groups is 1. The first-order chi connectivity index (χ1) is 13.0. The smallest absolute Gasteiger partial charge is 0.337 e. The van der Waals surface area contributed by atoms with Crippen LogP contribution >= 0.6 is 0 Å². The summed E-state index contributed by atoms with van der Waals surface area (Å²) >= 11 is 0. The Kier molecular flexibility index (Phi) is 5.39. The molecule has 0 aromatic heterocycles. The van der Waals surface area contributed by atoms with Gasteiger partial charge in [-0.1, -0.05) is 18.2 Å². The number of anilines is 1. The molecule has 0 atom stereocenters. The highest BCUT2D eigenvalue weighted by atomic mass is 16.4. The van der Waals surface area contributed by atoms with E-state index >= 15 is 0 Å². The Balaban J connectivity index is 1.87. The number of nitrogens with zero attached hydrogens (tertiary/aromatic N) is 4. The number of rotatable bonds is 5. The second kappa shape index (κ2) is 7.90. The van der Waals surface area contributed by atoms with E-state index < -0.39 is 24.6 Å². The lowest BCUT2D eigenvalue weighted by atomic mass is 10.3. The van der Waals surface area contributed by atoms with Crippen molar-refractivity contribution in [2.75, 3.05) is 31.1 Å². The van der Waals surface area contributed by atoms with Gasteiger partial charge in [0.2, 0.25) is 5.91 Å². The number of para-hydroxylation sites is 1. The van der Waals surface area contributed by atoms with Crippen LogP contribution in [-0.2, 0) is 9.59 Å². The van der Waals surface area contributed by atoms with Gasteiger partial charge in [-0.15, -0.1) is 0 Å². The highest BCUT2D eigenvalue weighted by Gasteiger charge is 2.35. The number of likely N-dealkylation sites (tertiary alicyclic amines) is 1. The summed E-state index contributed by atoms with van der Waals surface area (Å²) in [5, 5.41) is 9.11.